The molecule has 3 aromatic rings. The molecule has 1 aliphatic rings. The lowest BCUT2D eigenvalue weighted by molar-refractivity contribution is -0.137. The first-order valence-corrected chi connectivity index (χ1v) is 10.1. The van der Waals surface area contributed by atoms with E-state index in [0.717, 1.165) is 38.1 Å². The van der Waals surface area contributed by atoms with E-state index in [4.69, 9.17) is 0 Å². The van der Waals surface area contributed by atoms with E-state index >= 15 is 0 Å². The van der Waals surface area contributed by atoms with Crippen molar-refractivity contribution in [2.24, 2.45) is 5.92 Å². The lowest BCUT2D eigenvalue weighted by atomic mass is 9.96. The second-order valence-electron chi connectivity index (χ2n) is 7.78. The van der Waals surface area contributed by atoms with E-state index in [1.54, 1.807) is 0 Å². The molecule has 0 spiro atoms. The second kappa shape index (κ2) is 8.48. The van der Waals surface area contributed by atoms with Crippen LogP contribution >= 0.6 is 0 Å². The number of piperidine rings is 1. The summed E-state index contributed by atoms with van der Waals surface area (Å²) < 4.78 is 38.7. The minimum absolute atomic E-state index is 0.181. The number of fused-ring (bicyclic) bond motifs is 1. The smallest absolute Gasteiger partial charge is 0.326 e. The van der Waals surface area contributed by atoms with E-state index in [1.165, 1.54) is 28.5 Å². The number of hydrogen-bond acceptors (Lipinski definition) is 2. The maximum absolute atomic E-state index is 12.9. The summed E-state index contributed by atoms with van der Waals surface area (Å²) in [5, 5.41) is 5.06. The predicted molar refractivity (Wildman–Crippen MR) is 112 cm³/mol. The van der Waals surface area contributed by atoms with Gasteiger partial charge in [0.25, 0.3) is 0 Å². The van der Waals surface area contributed by atoms with Gasteiger partial charge >= 0.3 is 6.18 Å². The molecule has 0 saturated carbocycles. The maximum atomic E-state index is 12.9. The fourth-order valence-corrected chi connectivity index (χ4v) is 4.10. The van der Waals surface area contributed by atoms with Crippen LogP contribution in [0.2, 0.25) is 0 Å². The van der Waals surface area contributed by atoms with Crippen molar-refractivity contribution in [3.63, 3.8) is 0 Å². The van der Waals surface area contributed by atoms with Crippen LogP contribution in [0, 0.1) is 5.92 Å². The van der Waals surface area contributed by atoms with Crippen LogP contribution < -0.4 is 5.32 Å². The Morgan fingerprint density at radius 1 is 1.03 bits per heavy atom. The molecule has 4 rings (SSSR count). The second-order valence-corrected chi connectivity index (χ2v) is 7.78. The number of hydrogen-bond donors (Lipinski definition) is 1. The van der Waals surface area contributed by atoms with Gasteiger partial charge in [0.15, 0.2) is 0 Å². The number of rotatable bonds is 4. The van der Waals surface area contributed by atoms with Gasteiger partial charge in [-0.25, -0.2) is 0 Å². The molecule has 156 valence electrons. The van der Waals surface area contributed by atoms with E-state index in [9.17, 15) is 18.0 Å². The van der Waals surface area contributed by atoms with Crippen molar-refractivity contribution in [2.75, 3.05) is 18.4 Å². The summed E-state index contributed by atoms with van der Waals surface area (Å²) in [5.74, 6) is -0.472. The van der Waals surface area contributed by atoms with Crippen molar-refractivity contribution in [3.8, 4) is 0 Å². The van der Waals surface area contributed by atoms with Crippen molar-refractivity contribution in [1.82, 2.24) is 4.90 Å². The Bertz CT molecular complexity index is 1040. The first-order valence-electron chi connectivity index (χ1n) is 10.1. The number of carbonyl (C=O) groups is 1. The van der Waals surface area contributed by atoms with Gasteiger partial charge in [0, 0.05) is 18.8 Å². The zero-order valence-corrected chi connectivity index (χ0v) is 16.5. The van der Waals surface area contributed by atoms with Crippen LogP contribution in [0.5, 0.6) is 0 Å². The Hall–Kier alpha value is -2.86. The lowest BCUT2D eigenvalue weighted by Crippen LogP contribution is -2.40. The summed E-state index contributed by atoms with van der Waals surface area (Å²) in [6.45, 7) is 2.24. The SMILES string of the molecule is O=C(Nc1cccc(C(F)(F)F)c1)C1CCCN(Cc2cccc3ccccc23)C1. The number of alkyl halides is 3. The normalized spacial score (nSPS) is 17.8. The number of halogens is 3. The van der Waals surface area contributed by atoms with E-state index < -0.39 is 11.7 Å². The van der Waals surface area contributed by atoms with Crippen LogP contribution in [0.3, 0.4) is 0 Å². The van der Waals surface area contributed by atoms with Gasteiger partial charge in [0.05, 0.1) is 11.5 Å². The standard InChI is InChI=1S/C24H23F3N2O/c25-24(26,27)20-10-4-11-21(14-20)28-23(30)19-9-5-13-29(16-19)15-18-8-3-7-17-6-1-2-12-22(17)18/h1-4,6-8,10-12,14,19H,5,9,13,15-16H2,(H,28,30). The van der Waals surface area contributed by atoms with E-state index in [1.807, 2.05) is 18.2 Å². The number of benzene rings is 3. The van der Waals surface area contributed by atoms with Crippen LogP contribution in [0.1, 0.15) is 24.0 Å². The third kappa shape index (κ3) is 4.65. The first kappa shape index (κ1) is 20.4. The molecule has 1 heterocycles. The van der Waals surface area contributed by atoms with Crippen LogP contribution in [-0.2, 0) is 17.5 Å². The van der Waals surface area contributed by atoms with Gasteiger partial charge in [-0.05, 0) is 53.9 Å². The molecule has 1 fully saturated rings. The van der Waals surface area contributed by atoms with Gasteiger partial charge in [0.2, 0.25) is 5.91 Å². The van der Waals surface area contributed by atoms with Gasteiger partial charge in [-0.3, -0.25) is 9.69 Å². The summed E-state index contributed by atoms with van der Waals surface area (Å²) in [7, 11) is 0. The molecule has 0 aliphatic carbocycles. The third-order valence-electron chi connectivity index (χ3n) is 5.61. The molecular formula is C24H23F3N2O. The fraction of sp³-hybridized carbons (Fsp3) is 0.292. The largest absolute Gasteiger partial charge is 0.416 e. The molecule has 1 aliphatic heterocycles. The number of likely N-dealkylation sites (tertiary alicyclic amines) is 1. The average molecular weight is 412 g/mol. The Morgan fingerprint density at radius 2 is 1.80 bits per heavy atom. The molecule has 3 aromatic carbocycles. The highest BCUT2D eigenvalue weighted by Gasteiger charge is 2.31. The molecular weight excluding hydrogens is 389 g/mol. The Morgan fingerprint density at radius 3 is 2.63 bits per heavy atom. The van der Waals surface area contributed by atoms with Crippen molar-refractivity contribution >= 4 is 22.4 Å². The molecule has 6 heteroatoms. The van der Waals surface area contributed by atoms with Crippen molar-refractivity contribution < 1.29 is 18.0 Å². The molecule has 0 radical (unpaired) electrons. The van der Waals surface area contributed by atoms with Gasteiger partial charge in [0.1, 0.15) is 0 Å². The third-order valence-corrected chi connectivity index (χ3v) is 5.61. The summed E-state index contributed by atoms with van der Waals surface area (Å²) in [6.07, 6.45) is -2.82. The molecule has 1 amide bonds. The van der Waals surface area contributed by atoms with Crippen molar-refractivity contribution in [1.29, 1.82) is 0 Å². The number of anilines is 1. The number of amides is 1. The Labute approximate surface area is 173 Å². The number of carbonyl (C=O) groups excluding carboxylic acids is 1. The molecule has 3 nitrogen and oxygen atoms in total. The van der Waals surface area contributed by atoms with Crippen LogP contribution in [0.25, 0.3) is 10.8 Å². The fourth-order valence-electron chi connectivity index (χ4n) is 4.10. The molecule has 1 atom stereocenters. The van der Waals surface area contributed by atoms with Gasteiger partial charge in [-0.1, -0.05) is 48.5 Å². The van der Waals surface area contributed by atoms with Crippen molar-refractivity contribution in [3.05, 3.63) is 77.9 Å². The Balaban J connectivity index is 1.43. The lowest BCUT2D eigenvalue weighted by Gasteiger charge is -2.32. The van der Waals surface area contributed by atoms with Gasteiger partial charge in [-0.2, -0.15) is 13.2 Å². The number of nitrogens with one attached hydrogen (secondary N) is 1. The summed E-state index contributed by atoms with van der Waals surface area (Å²) >= 11 is 0. The molecule has 0 bridgehead atoms. The van der Waals surface area contributed by atoms with E-state index in [-0.39, 0.29) is 17.5 Å². The molecule has 1 saturated heterocycles. The van der Waals surface area contributed by atoms with Crippen LogP contribution in [0.4, 0.5) is 18.9 Å². The summed E-state index contributed by atoms with van der Waals surface area (Å²) in [6, 6.07) is 19.2. The highest BCUT2D eigenvalue weighted by molar-refractivity contribution is 5.93. The number of nitrogens with zero attached hydrogens (tertiary/aromatic N) is 1. The predicted octanol–water partition coefficient (Wildman–Crippen LogP) is 5.71. The minimum Gasteiger partial charge on any atom is -0.326 e. The van der Waals surface area contributed by atoms with Crippen LogP contribution in [-0.4, -0.2) is 23.9 Å². The average Bonchev–Trinajstić information content (AvgIpc) is 2.74. The van der Waals surface area contributed by atoms with Gasteiger partial charge in [-0.15, -0.1) is 0 Å². The molecule has 30 heavy (non-hydrogen) atoms. The summed E-state index contributed by atoms with van der Waals surface area (Å²) in [4.78, 5) is 15.0. The monoisotopic (exact) mass is 412 g/mol. The first-order chi connectivity index (χ1) is 14.4. The zero-order chi connectivity index (χ0) is 21.1. The highest BCUT2D eigenvalue weighted by atomic mass is 19.4. The minimum atomic E-state index is -4.43. The Kier molecular flexibility index (Phi) is 5.77. The maximum Gasteiger partial charge on any atom is 0.416 e. The highest BCUT2D eigenvalue weighted by Crippen LogP contribution is 2.31. The van der Waals surface area contributed by atoms with Gasteiger partial charge < -0.3 is 5.32 Å². The van der Waals surface area contributed by atoms with Crippen LogP contribution in [0.15, 0.2) is 66.7 Å². The topological polar surface area (TPSA) is 32.3 Å². The molecule has 1 unspecified atom stereocenters. The summed E-state index contributed by atoms with van der Waals surface area (Å²) in [5.41, 5.74) is 0.634. The quantitative estimate of drug-likeness (QED) is 0.595. The van der Waals surface area contributed by atoms with E-state index in [0.29, 0.717) is 6.54 Å². The molecule has 0 aromatic heterocycles. The zero-order valence-electron chi connectivity index (χ0n) is 16.5. The molecule has 1 N–H and O–H groups in total. The van der Waals surface area contributed by atoms with E-state index in [2.05, 4.69) is 34.5 Å². The van der Waals surface area contributed by atoms with Crippen molar-refractivity contribution in [2.45, 2.75) is 25.6 Å².